The van der Waals surface area contributed by atoms with Crippen molar-refractivity contribution in [3.8, 4) is 0 Å². The van der Waals surface area contributed by atoms with Crippen LogP contribution in [0.5, 0.6) is 0 Å². The first-order valence-electron chi connectivity index (χ1n) is 11.3. The summed E-state index contributed by atoms with van der Waals surface area (Å²) < 4.78 is 0. The van der Waals surface area contributed by atoms with E-state index in [1.807, 2.05) is 0 Å². The molecule has 4 aliphatic rings. The van der Waals surface area contributed by atoms with Crippen LogP contribution in [0.4, 0.5) is 0 Å². The van der Waals surface area contributed by atoms with E-state index in [1.54, 1.807) is 11.1 Å². The fourth-order valence-corrected chi connectivity index (χ4v) is 6.29. The summed E-state index contributed by atoms with van der Waals surface area (Å²) in [6.07, 6.45) is 9.64. The molecule has 3 heteroatoms. The highest BCUT2D eigenvalue weighted by Gasteiger charge is 2.37. The molecule has 3 N–H and O–H groups in total. The predicted molar refractivity (Wildman–Crippen MR) is 117 cm³/mol. The lowest BCUT2D eigenvalue weighted by Gasteiger charge is -2.15. The van der Waals surface area contributed by atoms with Crippen molar-refractivity contribution in [1.82, 2.24) is 0 Å². The molecule has 0 heterocycles. The van der Waals surface area contributed by atoms with E-state index < -0.39 is 0 Å². The maximum atomic E-state index is 9.06. The van der Waals surface area contributed by atoms with E-state index in [2.05, 4.69) is 53.7 Å². The van der Waals surface area contributed by atoms with Gasteiger partial charge in [-0.15, -0.1) is 0 Å². The second-order valence-corrected chi connectivity index (χ2v) is 9.52. The fourth-order valence-electron chi connectivity index (χ4n) is 6.29. The third kappa shape index (κ3) is 3.61. The van der Waals surface area contributed by atoms with Crippen LogP contribution in [0.25, 0.3) is 0 Å². The number of nitrogens with zero attached hydrogens (tertiary/aromatic N) is 1. The van der Waals surface area contributed by atoms with Crippen LogP contribution >= 0.6 is 0 Å². The topological polar surface area (TPSA) is 58.6 Å². The van der Waals surface area contributed by atoms with E-state index in [4.69, 9.17) is 10.9 Å². The summed E-state index contributed by atoms with van der Waals surface area (Å²) in [7, 11) is 0. The highest BCUT2D eigenvalue weighted by Crippen LogP contribution is 2.39. The molecule has 2 aromatic carbocycles. The van der Waals surface area contributed by atoms with Crippen LogP contribution in [0.15, 0.2) is 53.7 Å². The molecule has 2 aromatic rings. The SMILES string of the molecule is NC1[C@@H]2CC[C@H]1Cc1ccccc1C2.ON=C1[C@@H]2CC[C@H]1Cc1ccccc1C2. The molecule has 29 heavy (non-hydrogen) atoms. The van der Waals surface area contributed by atoms with Gasteiger partial charge in [0.1, 0.15) is 0 Å². The van der Waals surface area contributed by atoms with Crippen LogP contribution < -0.4 is 5.73 Å². The van der Waals surface area contributed by atoms with Gasteiger partial charge in [0.15, 0.2) is 0 Å². The Morgan fingerprint density at radius 1 is 0.655 bits per heavy atom. The lowest BCUT2D eigenvalue weighted by Crippen LogP contribution is -2.31. The van der Waals surface area contributed by atoms with E-state index >= 15 is 0 Å². The van der Waals surface area contributed by atoms with E-state index in [0.29, 0.717) is 17.9 Å². The van der Waals surface area contributed by atoms with Gasteiger partial charge in [-0.1, -0.05) is 53.7 Å². The van der Waals surface area contributed by atoms with E-state index in [9.17, 15) is 0 Å². The van der Waals surface area contributed by atoms with E-state index in [0.717, 1.165) is 30.4 Å². The van der Waals surface area contributed by atoms with Crippen LogP contribution in [0, 0.1) is 23.7 Å². The second-order valence-electron chi connectivity index (χ2n) is 9.52. The van der Waals surface area contributed by atoms with Gasteiger partial charge >= 0.3 is 0 Å². The van der Waals surface area contributed by atoms with Crippen molar-refractivity contribution in [1.29, 1.82) is 0 Å². The maximum Gasteiger partial charge on any atom is 0.0639 e. The molecule has 4 aliphatic carbocycles. The molecule has 2 saturated carbocycles. The molecule has 152 valence electrons. The normalized spacial score (nSPS) is 33.1. The average Bonchev–Trinajstić information content (AvgIpc) is 3.15. The van der Waals surface area contributed by atoms with Crippen molar-refractivity contribution in [2.24, 2.45) is 34.6 Å². The number of hydrogen-bond donors (Lipinski definition) is 2. The molecule has 6 rings (SSSR count). The number of rotatable bonds is 0. The van der Waals surface area contributed by atoms with Gasteiger partial charge in [0, 0.05) is 17.9 Å². The molecule has 0 aliphatic heterocycles. The third-order valence-corrected chi connectivity index (χ3v) is 7.95. The summed E-state index contributed by atoms with van der Waals surface area (Å²) in [4.78, 5) is 0. The van der Waals surface area contributed by atoms with Gasteiger partial charge in [0.2, 0.25) is 0 Å². The largest absolute Gasteiger partial charge is 0.411 e. The molecule has 1 unspecified atom stereocenters. The van der Waals surface area contributed by atoms with Crippen LogP contribution in [0.1, 0.15) is 47.9 Å². The average molecular weight is 389 g/mol. The Morgan fingerprint density at radius 3 is 1.48 bits per heavy atom. The molecule has 5 atom stereocenters. The lowest BCUT2D eigenvalue weighted by atomic mass is 9.94. The van der Waals surface area contributed by atoms with Crippen LogP contribution in [0.2, 0.25) is 0 Å². The van der Waals surface area contributed by atoms with Crippen molar-refractivity contribution in [3.63, 3.8) is 0 Å². The van der Waals surface area contributed by atoms with Gasteiger partial charge in [-0.3, -0.25) is 0 Å². The molecule has 3 nitrogen and oxygen atoms in total. The van der Waals surface area contributed by atoms with Crippen LogP contribution in [-0.4, -0.2) is 17.0 Å². The molecule has 0 saturated heterocycles. The summed E-state index contributed by atoms with van der Waals surface area (Å²) in [6.45, 7) is 0. The number of hydrogen-bond acceptors (Lipinski definition) is 3. The Morgan fingerprint density at radius 2 is 1.07 bits per heavy atom. The predicted octanol–water partition coefficient (Wildman–Crippen LogP) is 4.78. The minimum absolute atomic E-state index is 0.461. The van der Waals surface area contributed by atoms with Gasteiger partial charge in [-0.05, 0) is 85.5 Å². The molecule has 2 fully saturated rings. The first kappa shape index (κ1) is 18.9. The van der Waals surface area contributed by atoms with Gasteiger partial charge < -0.3 is 10.9 Å². The Balaban J connectivity index is 0.000000125. The molecule has 0 aromatic heterocycles. The standard InChI is InChI=1S/C13H15NO.C13H17N/c15-14-13-11-5-6-12(13)8-10-4-2-1-3-9(10)7-11;14-13-11-5-6-12(13)8-10-4-2-1-3-9(10)7-11/h1-4,11-12,15H,5-8H2;1-4,11-13H,5-8,14H2/t11-,12+;11-,12+,13?. The monoisotopic (exact) mass is 388 g/mol. The van der Waals surface area contributed by atoms with Crippen molar-refractivity contribution in [2.45, 2.75) is 57.4 Å². The summed E-state index contributed by atoms with van der Waals surface area (Å²) in [5, 5.41) is 12.6. The van der Waals surface area contributed by atoms with Crippen molar-refractivity contribution >= 4 is 5.71 Å². The van der Waals surface area contributed by atoms with Crippen molar-refractivity contribution < 1.29 is 5.21 Å². The first-order valence-corrected chi connectivity index (χ1v) is 11.3. The first-order chi connectivity index (χ1) is 14.2. The molecule has 0 amide bonds. The Hall–Kier alpha value is -2.13. The number of benzene rings is 2. The lowest BCUT2D eigenvalue weighted by molar-refractivity contribution is 0.313. The van der Waals surface area contributed by atoms with Crippen LogP contribution in [0.3, 0.4) is 0 Å². The Labute approximate surface area is 174 Å². The highest BCUT2D eigenvalue weighted by atomic mass is 16.4. The Kier molecular flexibility index (Phi) is 5.17. The molecule has 0 spiro atoms. The molecular weight excluding hydrogens is 356 g/mol. The minimum Gasteiger partial charge on any atom is -0.411 e. The highest BCUT2D eigenvalue weighted by molar-refractivity contribution is 5.91. The quantitative estimate of drug-likeness (QED) is 0.504. The number of nitrogens with two attached hydrogens (primary N) is 1. The zero-order chi connectivity index (χ0) is 19.8. The van der Waals surface area contributed by atoms with Crippen molar-refractivity contribution in [3.05, 3.63) is 70.8 Å². The van der Waals surface area contributed by atoms with Crippen LogP contribution in [-0.2, 0) is 25.7 Å². The van der Waals surface area contributed by atoms with Crippen molar-refractivity contribution in [2.75, 3.05) is 0 Å². The smallest absolute Gasteiger partial charge is 0.0639 e. The molecule has 4 bridgehead atoms. The summed E-state index contributed by atoms with van der Waals surface area (Å²) in [5.41, 5.74) is 13.3. The van der Waals surface area contributed by atoms with Gasteiger partial charge in [-0.2, -0.15) is 0 Å². The summed E-state index contributed by atoms with van der Waals surface area (Å²) in [6, 6.07) is 18.0. The summed E-state index contributed by atoms with van der Waals surface area (Å²) >= 11 is 0. The number of fused-ring (bicyclic) bond motifs is 6. The second kappa shape index (κ2) is 7.95. The third-order valence-electron chi connectivity index (χ3n) is 7.95. The molecule has 0 radical (unpaired) electrons. The fraction of sp³-hybridized carbons (Fsp3) is 0.500. The zero-order valence-electron chi connectivity index (χ0n) is 17.1. The van der Waals surface area contributed by atoms with Gasteiger partial charge in [0.05, 0.1) is 5.71 Å². The number of oxime groups is 1. The van der Waals surface area contributed by atoms with Gasteiger partial charge in [-0.25, -0.2) is 0 Å². The summed E-state index contributed by atoms with van der Waals surface area (Å²) in [5.74, 6) is 2.49. The minimum atomic E-state index is 0.461. The maximum absolute atomic E-state index is 9.06. The Bertz CT molecular complexity index is 837. The van der Waals surface area contributed by atoms with Gasteiger partial charge in [0.25, 0.3) is 0 Å². The van der Waals surface area contributed by atoms with E-state index in [1.165, 1.54) is 49.7 Å². The zero-order valence-corrected chi connectivity index (χ0v) is 17.1. The van der Waals surface area contributed by atoms with E-state index in [-0.39, 0.29) is 0 Å². The molecular formula is C26H32N2O.